The maximum Gasteiger partial charge on any atom is 0.224 e. The molecule has 1 saturated carbocycles. The molecule has 2 atom stereocenters. The quantitative estimate of drug-likeness (QED) is 0.718. The molecule has 0 heterocycles. The number of nitrogens with one attached hydrogen (secondary N) is 1. The molecule has 0 bridgehead atoms. The number of aryl methyl sites for hydroxylation is 1. The van der Waals surface area contributed by atoms with Crippen LogP contribution in [0.25, 0.3) is 11.1 Å². The number of amides is 1. The zero-order chi connectivity index (χ0) is 19.1. The summed E-state index contributed by atoms with van der Waals surface area (Å²) in [6.07, 6.45) is 6.40. The van der Waals surface area contributed by atoms with Gasteiger partial charge in [-0.2, -0.15) is 5.26 Å². The maximum atomic E-state index is 12.6. The van der Waals surface area contributed by atoms with Gasteiger partial charge in [0.25, 0.3) is 0 Å². The van der Waals surface area contributed by atoms with Crippen LogP contribution in [0.4, 0.5) is 0 Å². The van der Waals surface area contributed by atoms with E-state index in [4.69, 9.17) is 5.26 Å². The van der Waals surface area contributed by atoms with Crippen molar-refractivity contribution in [2.24, 2.45) is 5.92 Å². The summed E-state index contributed by atoms with van der Waals surface area (Å²) >= 11 is 0. The Hall–Kier alpha value is -2.60. The number of benzene rings is 2. The Labute approximate surface area is 162 Å². The molecule has 1 aliphatic rings. The van der Waals surface area contributed by atoms with Gasteiger partial charge >= 0.3 is 0 Å². The molecule has 0 spiro atoms. The fourth-order valence-corrected chi connectivity index (χ4v) is 4.30. The molecular weight excluding hydrogens is 332 g/mol. The molecule has 3 heteroatoms. The SMILES string of the molecule is CCCc1ccc(-c2ccccc2C2CCCCC2C(=O)NCC#N)cc1. The highest BCUT2D eigenvalue weighted by Crippen LogP contribution is 2.41. The molecule has 2 unspecified atom stereocenters. The van der Waals surface area contributed by atoms with Gasteiger partial charge in [-0.3, -0.25) is 4.79 Å². The summed E-state index contributed by atoms with van der Waals surface area (Å²) in [5.74, 6) is 0.186. The Balaban J connectivity index is 1.91. The Morgan fingerprint density at radius 1 is 1.11 bits per heavy atom. The number of hydrogen-bond acceptors (Lipinski definition) is 2. The van der Waals surface area contributed by atoms with Crippen LogP contribution in [0.2, 0.25) is 0 Å². The number of nitriles is 1. The van der Waals surface area contributed by atoms with Gasteiger partial charge in [-0.25, -0.2) is 0 Å². The summed E-state index contributed by atoms with van der Waals surface area (Å²) in [5.41, 5.74) is 5.07. The van der Waals surface area contributed by atoms with Crippen molar-refractivity contribution >= 4 is 5.91 Å². The van der Waals surface area contributed by atoms with Gasteiger partial charge in [0.15, 0.2) is 0 Å². The molecule has 1 N–H and O–H groups in total. The van der Waals surface area contributed by atoms with Gasteiger partial charge in [0.1, 0.15) is 6.54 Å². The van der Waals surface area contributed by atoms with Crippen LogP contribution in [0, 0.1) is 17.2 Å². The van der Waals surface area contributed by atoms with Gasteiger partial charge in [0, 0.05) is 5.92 Å². The summed E-state index contributed by atoms with van der Waals surface area (Å²) in [4.78, 5) is 12.6. The summed E-state index contributed by atoms with van der Waals surface area (Å²) in [5, 5.41) is 11.6. The molecule has 0 radical (unpaired) electrons. The smallest absolute Gasteiger partial charge is 0.224 e. The molecule has 0 saturated heterocycles. The van der Waals surface area contributed by atoms with Crippen molar-refractivity contribution in [3.63, 3.8) is 0 Å². The monoisotopic (exact) mass is 360 g/mol. The van der Waals surface area contributed by atoms with Crippen LogP contribution in [0.15, 0.2) is 48.5 Å². The molecule has 27 heavy (non-hydrogen) atoms. The number of carbonyl (C=O) groups excluding carboxylic acids is 1. The van der Waals surface area contributed by atoms with Gasteiger partial charge in [-0.15, -0.1) is 0 Å². The highest BCUT2D eigenvalue weighted by molar-refractivity contribution is 5.81. The Bertz CT molecular complexity index is 804. The van der Waals surface area contributed by atoms with Gasteiger partial charge < -0.3 is 5.32 Å². The largest absolute Gasteiger partial charge is 0.343 e. The fourth-order valence-electron chi connectivity index (χ4n) is 4.30. The van der Waals surface area contributed by atoms with E-state index in [0.29, 0.717) is 0 Å². The molecule has 1 fully saturated rings. The Kier molecular flexibility index (Phi) is 6.65. The first-order valence-corrected chi connectivity index (χ1v) is 10.1. The number of carbonyl (C=O) groups is 1. The first-order chi connectivity index (χ1) is 13.2. The standard InChI is InChI=1S/C24H28N2O/c1-2-7-18-12-14-19(15-13-18)20-8-3-4-9-21(20)22-10-5-6-11-23(22)24(27)26-17-16-25/h3-4,8-9,12-15,22-23H,2,5-7,10-11,17H2,1H3,(H,26,27). The molecule has 0 aliphatic heterocycles. The maximum absolute atomic E-state index is 12.6. The van der Waals surface area contributed by atoms with Crippen LogP contribution >= 0.6 is 0 Å². The van der Waals surface area contributed by atoms with E-state index in [0.717, 1.165) is 38.5 Å². The van der Waals surface area contributed by atoms with E-state index in [-0.39, 0.29) is 24.3 Å². The van der Waals surface area contributed by atoms with Crippen molar-refractivity contribution in [3.8, 4) is 17.2 Å². The van der Waals surface area contributed by atoms with Gasteiger partial charge in [-0.1, -0.05) is 74.7 Å². The van der Waals surface area contributed by atoms with E-state index in [1.54, 1.807) is 0 Å². The lowest BCUT2D eigenvalue weighted by Crippen LogP contribution is -2.36. The lowest BCUT2D eigenvalue weighted by atomic mass is 9.73. The van der Waals surface area contributed by atoms with Crippen LogP contribution in [0.5, 0.6) is 0 Å². The third-order valence-electron chi connectivity index (χ3n) is 5.61. The predicted octanol–water partition coefficient (Wildman–Crippen LogP) is 5.22. The van der Waals surface area contributed by atoms with Crippen LogP contribution in [-0.4, -0.2) is 12.5 Å². The lowest BCUT2D eigenvalue weighted by Gasteiger charge is -2.32. The predicted molar refractivity (Wildman–Crippen MR) is 109 cm³/mol. The average Bonchev–Trinajstić information content (AvgIpc) is 2.73. The van der Waals surface area contributed by atoms with E-state index >= 15 is 0 Å². The summed E-state index contributed by atoms with van der Waals surface area (Å²) in [6, 6.07) is 19.4. The van der Waals surface area contributed by atoms with Gasteiger partial charge in [0.05, 0.1) is 6.07 Å². The van der Waals surface area contributed by atoms with Crippen molar-refractivity contribution in [2.75, 3.05) is 6.54 Å². The first kappa shape index (κ1) is 19.2. The molecule has 3 rings (SSSR count). The summed E-state index contributed by atoms with van der Waals surface area (Å²) < 4.78 is 0. The molecule has 0 aromatic heterocycles. The number of nitrogens with zero attached hydrogens (tertiary/aromatic N) is 1. The zero-order valence-electron chi connectivity index (χ0n) is 16.1. The van der Waals surface area contributed by atoms with Gasteiger partial charge in [-0.05, 0) is 47.4 Å². The summed E-state index contributed by atoms with van der Waals surface area (Å²) in [7, 11) is 0. The van der Waals surface area contributed by atoms with E-state index in [2.05, 4.69) is 60.8 Å². The normalized spacial score (nSPS) is 19.3. The third kappa shape index (κ3) is 4.57. The molecule has 140 valence electrons. The highest BCUT2D eigenvalue weighted by Gasteiger charge is 2.33. The van der Waals surface area contributed by atoms with E-state index in [9.17, 15) is 4.79 Å². The molecule has 3 nitrogen and oxygen atoms in total. The van der Waals surface area contributed by atoms with Crippen LogP contribution in [-0.2, 0) is 11.2 Å². The number of hydrogen-bond donors (Lipinski definition) is 1. The van der Waals surface area contributed by atoms with E-state index < -0.39 is 0 Å². The van der Waals surface area contributed by atoms with Crippen molar-refractivity contribution in [1.29, 1.82) is 5.26 Å². The molecule has 2 aromatic rings. The minimum Gasteiger partial charge on any atom is -0.343 e. The minimum absolute atomic E-state index is 0.0225. The van der Waals surface area contributed by atoms with E-state index in [1.807, 2.05) is 6.07 Å². The van der Waals surface area contributed by atoms with Crippen molar-refractivity contribution in [1.82, 2.24) is 5.32 Å². The minimum atomic E-state index is -0.0485. The van der Waals surface area contributed by atoms with Crippen molar-refractivity contribution in [3.05, 3.63) is 59.7 Å². The Morgan fingerprint density at radius 3 is 2.59 bits per heavy atom. The molecule has 1 aliphatic carbocycles. The molecule has 2 aromatic carbocycles. The van der Waals surface area contributed by atoms with E-state index in [1.165, 1.54) is 22.3 Å². The summed E-state index contributed by atoms with van der Waals surface area (Å²) in [6.45, 7) is 2.28. The zero-order valence-corrected chi connectivity index (χ0v) is 16.1. The van der Waals surface area contributed by atoms with Gasteiger partial charge in [0.2, 0.25) is 5.91 Å². The molecular formula is C24H28N2O. The van der Waals surface area contributed by atoms with Crippen molar-refractivity contribution in [2.45, 2.75) is 51.4 Å². The van der Waals surface area contributed by atoms with Crippen molar-refractivity contribution < 1.29 is 4.79 Å². The Morgan fingerprint density at radius 2 is 1.85 bits per heavy atom. The average molecular weight is 361 g/mol. The fraction of sp³-hybridized carbons (Fsp3) is 0.417. The highest BCUT2D eigenvalue weighted by atomic mass is 16.1. The third-order valence-corrected chi connectivity index (χ3v) is 5.61. The van der Waals surface area contributed by atoms with Crippen LogP contribution < -0.4 is 5.32 Å². The lowest BCUT2D eigenvalue weighted by molar-refractivity contribution is -0.126. The second kappa shape index (κ2) is 9.37. The van der Waals surface area contributed by atoms with Crippen LogP contribution in [0.3, 0.4) is 0 Å². The molecule has 1 amide bonds. The van der Waals surface area contributed by atoms with Crippen LogP contribution in [0.1, 0.15) is 56.1 Å². The first-order valence-electron chi connectivity index (χ1n) is 10.1. The second-order valence-corrected chi connectivity index (χ2v) is 7.41. The topological polar surface area (TPSA) is 52.9 Å². The second-order valence-electron chi connectivity index (χ2n) is 7.41. The number of rotatable bonds is 6.